The van der Waals surface area contributed by atoms with E-state index in [1.54, 1.807) is 0 Å². The molecule has 6 heteroatoms. The van der Waals surface area contributed by atoms with Crippen molar-refractivity contribution in [2.45, 2.75) is 45.2 Å². The average molecular weight is 318 g/mol. The van der Waals surface area contributed by atoms with E-state index in [9.17, 15) is 4.79 Å². The average Bonchev–Trinajstić information content (AvgIpc) is 3.09. The molecule has 0 spiro atoms. The monoisotopic (exact) mass is 318 g/mol. The quantitative estimate of drug-likeness (QED) is 0.868. The maximum absolute atomic E-state index is 12.7. The van der Waals surface area contributed by atoms with E-state index in [4.69, 9.17) is 4.74 Å². The first kappa shape index (κ1) is 16.1. The van der Waals surface area contributed by atoms with Gasteiger partial charge in [0.2, 0.25) is 0 Å². The lowest BCUT2D eigenvalue weighted by Crippen LogP contribution is -2.46. The van der Waals surface area contributed by atoms with Gasteiger partial charge in [-0.15, -0.1) is 0 Å². The van der Waals surface area contributed by atoms with Gasteiger partial charge >= 0.3 is 6.03 Å². The Hall–Kier alpha value is -1.82. The van der Waals surface area contributed by atoms with Crippen molar-refractivity contribution in [3.05, 3.63) is 29.9 Å². The van der Waals surface area contributed by atoms with Crippen LogP contribution in [-0.4, -0.2) is 46.8 Å². The highest BCUT2D eigenvalue weighted by Crippen LogP contribution is 2.30. The van der Waals surface area contributed by atoms with Gasteiger partial charge in [0.25, 0.3) is 0 Å². The molecule has 3 rings (SSSR count). The molecule has 1 aromatic heterocycles. The van der Waals surface area contributed by atoms with E-state index in [0.29, 0.717) is 13.2 Å². The number of ether oxygens (including phenoxy) is 1. The minimum absolute atomic E-state index is 0.0211. The van der Waals surface area contributed by atoms with Crippen LogP contribution in [0.15, 0.2) is 24.0 Å². The third-order valence-electron chi connectivity index (χ3n) is 4.67. The molecule has 1 saturated heterocycles. The number of imidazole rings is 1. The van der Waals surface area contributed by atoms with Gasteiger partial charge in [-0.05, 0) is 32.6 Å². The molecule has 0 bridgehead atoms. The largest absolute Gasteiger partial charge is 0.377 e. The van der Waals surface area contributed by atoms with Crippen molar-refractivity contribution < 1.29 is 9.53 Å². The zero-order valence-electron chi connectivity index (χ0n) is 13.8. The molecule has 6 nitrogen and oxygen atoms in total. The van der Waals surface area contributed by atoms with E-state index >= 15 is 0 Å². The Morgan fingerprint density at radius 2 is 2.39 bits per heavy atom. The van der Waals surface area contributed by atoms with Crippen LogP contribution in [0, 0.1) is 0 Å². The SMILES string of the molecule is CCn1ccnc1C1CCCCN1C(=O)NCC1=CCOCC1. The van der Waals surface area contributed by atoms with E-state index in [1.807, 2.05) is 17.3 Å². The second-order valence-electron chi connectivity index (χ2n) is 6.12. The summed E-state index contributed by atoms with van der Waals surface area (Å²) in [7, 11) is 0. The number of hydrogen-bond acceptors (Lipinski definition) is 3. The molecule has 2 aliphatic rings. The first-order valence-electron chi connectivity index (χ1n) is 8.60. The molecule has 23 heavy (non-hydrogen) atoms. The third kappa shape index (κ3) is 3.75. The summed E-state index contributed by atoms with van der Waals surface area (Å²) < 4.78 is 7.44. The number of carbonyl (C=O) groups is 1. The summed E-state index contributed by atoms with van der Waals surface area (Å²) >= 11 is 0. The van der Waals surface area contributed by atoms with Crippen molar-refractivity contribution in [1.82, 2.24) is 19.8 Å². The van der Waals surface area contributed by atoms with Crippen molar-refractivity contribution in [3.8, 4) is 0 Å². The summed E-state index contributed by atoms with van der Waals surface area (Å²) in [5.41, 5.74) is 1.26. The highest BCUT2D eigenvalue weighted by atomic mass is 16.5. The molecular formula is C17H26N4O2. The molecular weight excluding hydrogens is 292 g/mol. The van der Waals surface area contributed by atoms with Crippen LogP contribution in [0.4, 0.5) is 4.79 Å². The molecule has 0 aromatic carbocycles. The minimum atomic E-state index is 0.0211. The smallest absolute Gasteiger partial charge is 0.318 e. The molecule has 1 atom stereocenters. The van der Waals surface area contributed by atoms with Gasteiger partial charge in [-0.2, -0.15) is 0 Å². The molecule has 126 valence electrons. The summed E-state index contributed by atoms with van der Waals surface area (Å²) in [5, 5.41) is 3.08. The van der Waals surface area contributed by atoms with Crippen molar-refractivity contribution >= 4 is 6.03 Å². The molecule has 0 radical (unpaired) electrons. The lowest BCUT2D eigenvalue weighted by molar-refractivity contribution is 0.143. The van der Waals surface area contributed by atoms with Gasteiger partial charge < -0.3 is 19.5 Å². The normalized spacial score (nSPS) is 21.9. The number of nitrogens with one attached hydrogen (secondary N) is 1. The number of urea groups is 1. The fourth-order valence-electron chi connectivity index (χ4n) is 3.35. The predicted octanol–water partition coefficient (Wildman–Crippen LogP) is 2.49. The lowest BCUT2D eigenvalue weighted by Gasteiger charge is -2.35. The Morgan fingerprint density at radius 3 is 3.17 bits per heavy atom. The number of aryl methyl sites for hydroxylation is 1. The summed E-state index contributed by atoms with van der Waals surface area (Å²) in [5.74, 6) is 1.01. The van der Waals surface area contributed by atoms with Crippen molar-refractivity contribution in [3.63, 3.8) is 0 Å². The number of hydrogen-bond donors (Lipinski definition) is 1. The number of piperidine rings is 1. The lowest BCUT2D eigenvalue weighted by atomic mass is 10.0. The van der Waals surface area contributed by atoms with Crippen LogP contribution in [0.3, 0.4) is 0 Å². The van der Waals surface area contributed by atoms with Crippen LogP contribution < -0.4 is 5.32 Å². The topological polar surface area (TPSA) is 59.4 Å². The van der Waals surface area contributed by atoms with Gasteiger partial charge in [-0.3, -0.25) is 0 Å². The predicted molar refractivity (Wildman–Crippen MR) is 88.1 cm³/mol. The molecule has 2 amide bonds. The number of nitrogens with zero attached hydrogens (tertiary/aromatic N) is 3. The van der Waals surface area contributed by atoms with Gasteiger partial charge in [0.15, 0.2) is 0 Å². The van der Waals surface area contributed by atoms with Crippen molar-refractivity contribution in [2.75, 3.05) is 26.3 Å². The van der Waals surface area contributed by atoms with Crippen LogP contribution in [0.1, 0.15) is 44.5 Å². The Balaban J connectivity index is 1.65. The Kier molecular flexibility index (Phi) is 5.33. The number of amides is 2. The van der Waals surface area contributed by atoms with Crippen LogP contribution in [0.2, 0.25) is 0 Å². The summed E-state index contributed by atoms with van der Waals surface area (Å²) in [6.45, 7) is 5.82. The van der Waals surface area contributed by atoms with E-state index in [1.165, 1.54) is 5.57 Å². The van der Waals surface area contributed by atoms with Crippen LogP contribution in [0.25, 0.3) is 0 Å². The second kappa shape index (κ2) is 7.64. The first-order valence-corrected chi connectivity index (χ1v) is 8.60. The number of likely N-dealkylation sites (tertiary alicyclic amines) is 1. The standard InChI is InChI=1S/C17H26N4O2/c1-2-20-10-8-18-16(20)15-5-3-4-9-21(15)17(22)19-13-14-6-11-23-12-7-14/h6,8,10,15H,2-5,7,9,11-13H2,1H3,(H,19,22). The van der Waals surface area contributed by atoms with Crippen molar-refractivity contribution in [1.29, 1.82) is 0 Å². The van der Waals surface area contributed by atoms with Gasteiger partial charge in [-0.25, -0.2) is 9.78 Å². The molecule has 1 N–H and O–H groups in total. The van der Waals surface area contributed by atoms with E-state index in [0.717, 1.165) is 51.2 Å². The Labute approximate surface area is 137 Å². The van der Waals surface area contributed by atoms with Crippen molar-refractivity contribution in [2.24, 2.45) is 0 Å². The maximum atomic E-state index is 12.7. The van der Waals surface area contributed by atoms with E-state index < -0.39 is 0 Å². The van der Waals surface area contributed by atoms with E-state index in [-0.39, 0.29) is 12.1 Å². The highest BCUT2D eigenvalue weighted by molar-refractivity contribution is 5.75. The first-order chi connectivity index (χ1) is 11.3. The summed E-state index contributed by atoms with van der Waals surface area (Å²) in [4.78, 5) is 19.1. The molecule has 1 fully saturated rings. The summed E-state index contributed by atoms with van der Waals surface area (Å²) in [6.07, 6.45) is 10.00. The van der Waals surface area contributed by atoms with E-state index in [2.05, 4.69) is 27.9 Å². The third-order valence-corrected chi connectivity index (χ3v) is 4.67. The van der Waals surface area contributed by atoms with Crippen LogP contribution >= 0.6 is 0 Å². The molecule has 2 aliphatic heterocycles. The number of aromatic nitrogens is 2. The van der Waals surface area contributed by atoms with Crippen LogP contribution in [-0.2, 0) is 11.3 Å². The zero-order valence-corrected chi connectivity index (χ0v) is 13.8. The zero-order chi connectivity index (χ0) is 16.1. The molecule has 0 aliphatic carbocycles. The number of rotatable bonds is 4. The molecule has 3 heterocycles. The van der Waals surface area contributed by atoms with Gasteiger partial charge in [0.05, 0.1) is 19.3 Å². The van der Waals surface area contributed by atoms with Gasteiger partial charge in [0.1, 0.15) is 5.82 Å². The molecule has 1 aromatic rings. The highest BCUT2D eigenvalue weighted by Gasteiger charge is 2.30. The summed E-state index contributed by atoms with van der Waals surface area (Å²) in [6, 6.07) is 0.107. The minimum Gasteiger partial charge on any atom is -0.377 e. The second-order valence-corrected chi connectivity index (χ2v) is 6.12. The van der Waals surface area contributed by atoms with Gasteiger partial charge in [-0.1, -0.05) is 11.6 Å². The Morgan fingerprint density at radius 1 is 1.48 bits per heavy atom. The fourth-order valence-corrected chi connectivity index (χ4v) is 3.35. The fraction of sp³-hybridized carbons (Fsp3) is 0.647. The molecule has 0 saturated carbocycles. The maximum Gasteiger partial charge on any atom is 0.318 e. The Bertz CT molecular complexity index is 567. The number of carbonyl (C=O) groups excluding carboxylic acids is 1. The van der Waals surface area contributed by atoms with Gasteiger partial charge in [0, 0.05) is 32.0 Å². The van der Waals surface area contributed by atoms with Crippen LogP contribution in [0.5, 0.6) is 0 Å². The molecule has 1 unspecified atom stereocenters.